The lowest BCUT2D eigenvalue weighted by Gasteiger charge is -2.15. The third-order valence-electron chi connectivity index (χ3n) is 1.97. The molecule has 0 spiro atoms. The molecule has 0 bridgehead atoms. The van der Waals surface area contributed by atoms with Gasteiger partial charge in [-0.15, -0.1) is 0 Å². The predicted octanol–water partition coefficient (Wildman–Crippen LogP) is 0.815. The van der Waals surface area contributed by atoms with Gasteiger partial charge in [0.15, 0.2) is 0 Å². The van der Waals surface area contributed by atoms with Crippen molar-refractivity contribution in [1.82, 2.24) is 10.7 Å². The van der Waals surface area contributed by atoms with Crippen LogP contribution in [-0.2, 0) is 0 Å². The fourth-order valence-electron chi connectivity index (χ4n) is 1.19. The van der Waals surface area contributed by atoms with E-state index in [4.69, 9.17) is 5.84 Å². The van der Waals surface area contributed by atoms with E-state index < -0.39 is 0 Å². The lowest BCUT2D eigenvalue weighted by molar-refractivity contribution is 0.487. The number of halogens is 1. The van der Waals surface area contributed by atoms with Crippen molar-refractivity contribution in [2.75, 3.05) is 7.05 Å². The lowest BCUT2D eigenvalue weighted by Crippen LogP contribution is -2.36. The second kappa shape index (κ2) is 4.32. The number of benzene rings is 1. The van der Waals surface area contributed by atoms with Crippen LogP contribution in [0.25, 0.3) is 0 Å². The molecule has 3 nitrogen and oxygen atoms in total. The van der Waals surface area contributed by atoms with Crippen molar-refractivity contribution in [3.05, 3.63) is 35.1 Å². The van der Waals surface area contributed by atoms with Crippen LogP contribution in [0.4, 0.5) is 4.39 Å². The molecule has 1 aromatic carbocycles. The van der Waals surface area contributed by atoms with Gasteiger partial charge in [0.1, 0.15) is 5.82 Å². The van der Waals surface area contributed by atoms with Gasteiger partial charge in [-0.05, 0) is 31.2 Å². The molecular formula is C9H14FN3. The van der Waals surface area contributed by atoms with E-state index in [1.54, 1.807) is 26.1 Å². The standard InChI is InChI=1S/C9H14FN3/c1-6-5-7(3-4-8(6)10)9(12-2)13-11/h3-5,9,12-13H,11H2,1-2H3. The molecule has 0 aliphatic heterocycles. The zero-order valence-electron chi connectivity index (χ0n) is 7.76. The van der Waals surface area contributed by atoms with Gasteiger partial charge < -0.3 is 5.32 Å². The number of hydrazine groups is 1. The zero-order valence-corrected chi connectivity index (χ0v) is 7.76. The Bertz CT molecular complexity index is 284. The highest BCUT2D eigenvalue weighted by Crippen LogP contribution is 2.13. The molecule has 0 saturated heterocycles. The van der Waals surface area contributed by atoms with Crippen LogP contribution in [0.2, 0.25) is 0 Å². The van der Waals surface area contributed by atoms with Gasteiger partial charge in [-0.25, -0.2) is 9.82 Å². The number of nitrogens with one attached hydrogen (secondary N) is 2. The molecule has 0 saturated carbocycles. The van der Waals surface area contributed by atoms with Crippen molar-refractivity contribution in [3.8, 4) is 0 Å². The third kappa shape index (κ3) is 2.24. The number of nitrogens with two attached hydrogens (primary N) is 1. The van der Waals surface area contributed by atoms with Crippen LogP contribution in [0.1, 0.15) is 17.3 Å². The van der Waals surface area contributed by atoms with E-state index in [-0.39, 0.29) is 12.0 Å². The van der Waals surface area contributed by atoms with Crippen LogP contribution < -0.4 is 16.6 Å². The van der Waals surface area contributed by atoms with Crippen LogP contribution in [-0.4, -0.2) is 7.05 Å². The second-order valence-corrected chi connectivity index (χ2v) is 2.90. The smallest absolute Gasteiger partial charge is 0.126 e. The second-order valence-electron chi connectivity index (χ2n) is 2.90. The fourth-order valence-corrected chi connectivity index (χ4v) is 1.19. The zero-order chi connectivity index (χ0) is 9.84. The first-order valence-corrected chi connectivity index (χ1v) is 4.08. The molecule has 72 valence electrons. The van der Waals surface area contributed by atoms with Gasteiger partial charge in [-0.1, -0.05) is 12.1 Å². The van der Waals surface area contributed by atoms with Crippen molar-refractivity contribution in [1.29, 1.82) is 0 Å². The normalized spacial score (nSPS) is 12.9. The van der Waals surface area contributed by atoms with Crippen molar-refractivity contribution in [3.63, 3.8) is 0 Å². The number of rotatable bonds is 3. The molecule has 0 radical (unpaired) electrons. The first-order chi connectivity index (χ1) is 6.19. The molecule has 13 heavy (non-hydrogen) atoms. The van der Waals surface area contributed by atoms with Gasteiger partial charge >= 0.3 is 0 Å². The summed E-state index contributed by atoms with van der Waals surface area (Å²) in [5.74, 6) is 5.10. The van der Waals surface area contributed by atoms with Crippen molar-refractivity contribution >= 4 is 0 Å². The summed E-state index contributed by atoms with van der Waals surface area (Å²) in [7, 11) is 1.78. The summed E-state index contributed by atoms with van der Waals surface area (Å²) in [6.07, 6.45) is -0.140. The van der Waals surface area contributed by atoms with Crippen LogP contribution in [0.15, 0.2) is 18.2 Å². The molecule has 1 rings (SSSR count). The van der Waals surface area contributed by atoms with Gasteiger partial charge in [0.25, 0.3) is 0 Å². The maximum absolute atomic E-state index is 12.9. The average Bonchev–Trinajstić information content (AvgIpc) is 2.13. The van der Waals surface area contributed by atoms with Crippen LogP contribution in [0.3, 0.4) is 0 Å². The summed E-state index contributed by atoms with van der Waals surface area (Å²) in [5.41, 5.74) is 4.12. The lowest BCUT2D eigenvalue weighted by atomic mass is 10.1. The fraction of sp³-hybridized carbons (Fsp3) is 0.333. The SMILES string of the molecule is CNC(NN)c1ccc(F)c(C)c1. The van der Waals surface area contributed by atoms with E-state index in [0.29, 0.717) is 5.56 Å². The summed E-state index contributed by atoms with van der Waals surface area (Å²) >= 11 is 0. The van der Waals surface area contributed by atoms with Crippen LogP contribution in [0, 0.1) is 12.7 Å². The first kappa shape index (κ1) is 10.1. The molecule has 4 heteroatoms. The minimum absolute atomic E-state index is 0.140. The predicted molar refractivity (Wildman–Crippen MR) is 50.3 cm³/mol. The Morgan fingerprint density at radius 1 is 1.46 bits per heavy atom. The van der Waals surface area contributed by atoms with Crippen molar-refractivity contribution in [2.45, 2.75) is 13.1 Å². The quantitative estimate of drug-likeness (QED) is 0.369. The molecule has 0 heterocycles. The number of hydrogen-bond donors (Lipinski definition) is 3. The average molecular weight is 183 g/mol. The summed E-state index contributed by atoms with van der Waals surface area (Å²) in [4.78, 5) is 0. The van der Waals surface area contributed by atoms with E-state index in [1.807, 2.05) is 0 Å². The first-order valence-electron chi connectivity index (χ1n) is 4.08. The van der Waals surface area contributed by atoms with Gasteiger partial charge in [-0.2, -0.15) is 0 Å². The van der Waals surface area contributed by atoms with Gasteiger partial charge in [-0.3, -0.25) is 5.84 Å². The van der Waals surface area contributed by atoms with Gasteiger partial charge in [0.05, 0.1) is 6.17 Å². The van der Waals surface area contributed by atoms with E-state index >= 15 is 0 Å². The van der Waals surface area contributed by atoms with Gasteiger partial charge in [0, 0.05) is 0 Å². The topological polar surface area (TPSA) is 50.1 Å². The minimum Gasteiger partial charge on any atom is -0.300 e. The van der Waals surface area contributed by atoms with E-state index in [0.717, 1.165) is 5.56 Å². The van der Waals surface area contributed by atoms with E-state index in [1.165, 1.54) is 6.07 Å². The molecule has 0 fully saturated rings. The van der Waals surface area contributed by atoms with Crippen molar-refractivity contribution in [2.24, 2.45) is 5.84 Å². The monoisotopic (exact) mass is 183 g/mol. The maximum atomic E-state index is 12.9. The van der Waals surface area contributed by atoms with Crippen LogP contribution in [0.5, 0.6) is 0 Å². The van der Waals surface area contributed by atoms with Crippen molar-refractivity contribution < 1.29 is 4.39 Å². The maximum Gasteiger partial charge on any atom is 0.126 e. The summed E-state index contributed by atoms with van der Waals surface area (Å²) in [5, 5.41) is 2.96. The summed E-state index contributed by atoms with van der Waals surface area (Å²) in [6, 6.07) is 4.89. The summed E-state index contributed by atoms with van der Waals surface area (Å²) in [6.45, 7) is 1.72. The Balaban J connectivity index is 2.95. The van der Waals surface area contributed by atoms with E-state index in [9.17, 15) is 4.39 Å². The molecule has 1 unspecified atom stereocenters. The van der Waals surface area contributed by atoms with Crippen LogP contribution >= 0.6 is 0 Å². The highest BCUT2D eigenvalue weighted by atomic mass is 19.1. The number of hydrogen-bond acceptors (Lipinski definition) is 3. The Morgan fingerprint density at radius 2 is 2.15 bits per heavy atom. The number of aryl methyl sites for hydroxylation is 1. The molecule has 0 aromatic heterocycles. The molecule has 1 aromatic rings. The largest absolute Gasteiger partial charge is 0.300 e. The molecule has 4 N–H and O–H groups in total. The van der Waals surface area contributed by atoms with E-state index in [2.05, 4.69) is 10.7 Å². The Morgan fingerprint density at radius 3 is 2.62 bits per heavy atom. The third-order valence-corrected chi connectivity index (χ3v) is 1.97. The highest BCUT2D eigenvalue weighted by Gasteiger charge is 2.07. The molecule has 0 amide bonds. The molecule has 1 atom stereocenters. The Kier molecular flexibility index (Phi) is 3.36. The molecule has 0 aliphatic rings. The molecular weight excluding hydrogens is 169 g/mol. The Hall–Kier alpha value is -0.970. The highest BCUT2D eigenvalue weighted by molar-refractivity contribution is 5.25. The van der Waals surface area contributed by atoms with Gasteiger partial charge in [0.2, 0.25) is 0 Å². The summed E-state index contributed by atoms with van der Waals surface area (Å²) < 4.78 is 12.9. The Labute approximate surface area is 77.1 Å². The minimum atomic E-state index is -0.198. The molecule has 0 aliphatic carbocycles.